The second kappa shape index (κ2) is 4.70. The molecule has 0 saturated heterocycles. The number of rotatable bonds is 3. The Kier molecular flexibility index (Phi) is 3.02. The molecule has 0 radical (unpaired) electrons. The van der Waals surface area contributed by atoms with E-state index in [-0.39, 0.29) is 5.56 Å². The van der Waals surface area contributed by atoms with Gasteiger partial charge in [0, 0.05) is 11.7 Å². The number of halogens is 1. The number of fused-ring (bicyclic) bond motifs is 2. The normalized spacial score (nSPS) is 29.2. The van der Waals surface area contributed by atoms with E-state index in [2.05, 4.69) is 24.4 Å². The number of nitrogens with zero attached hydrogens (tertiary/aromatic N) is 1. The molecule has 98 valence electrons. The first-order chi connectivity index (χ1) is 9.17. The van der Waals surface area contributed by atoms with E-state index in [1.165, 1.54) is 18.9 Å². The summed E-state index contributed by atoms with van der Waals surface area (Å²) in [6.45, 7) is 2.18. The van der Waals surface area contributed by atoms with Gasteiger partial charge in [-0.05, 0) is 55.7 Å². The number of nitriles is 1. The smallest absolute Gasteiger partial charge is 0.141 e. The van der Waals surface area contributed by atoms with Crippen molar-refractivity contribution in [3.63, 3.8) is 0 Å². The highest BCUT2D eigenvalue weighted by Gasteiger charge is 2.38. The molecular weight excluding hydrogens is 239 g/mol. The summed E-state index contributed by atoms with van der Waals surface area (Å²) in [5, 5.41) is 12.3. The van der Waals surface area contributed by atoms with Gasteiger partial charge in [-0.2, -0.15) is 5.26 Å². The van der Waals surface area contributed by atoms with Crippen LogP contribution in [-0.2, 0) is 0 Å². The van der Waals surface area contributed by atoms with Crippen LogP contribution >= 0.6 is 0 Å². The number of hydrogen-bond donors (Lipinski definition) is 1. The summed E-state index contributed by atoms with van der Waals surface area (Å²) < 4.78 is 13.3. The van der Waals surface area contributed by atoms with Gasteiger partial charge < -0.3 is 5.32 Å². The number of hydrogen-bond acceptors (Lipinski definition) is 2. The Morgan fingerprint density at radius 3 is 2.84 bits per heavy atom. The van der Waals surface area contributed by atoms with Gasteiger partial charge in [0.25, 0.3) is 0 Å². The molecule has 4 atom stereocenters. The molecule has 0 aromatic heterocycles. The van der Waals surface area contributed by atoms with E-state index in [4.69, 9.17) is 5.26 Å². The van der Waals surface area contributed by atoms with E-state index in [0.717, 1.165) is 11.6 Å². The van der Waals surface area contributed by atoms with E-state index < -0.39 is 5.82 Å². The molecule has 1 fully saturated rings. The zero-order valence-electron chi connectivity index (χ0n) is 10.9. The topological polar surface area (TPSA) is 35.8 Å². The van der Waals surface area contributed by atoms with Gasteiger partial charge in [-0.15, -0.1) is 0 Å². The van der Waals surface area contributed by atoms with Crippen LogP contribution in [0, 0.1) is 34.9 Å². The minimum absolute atomic E-state index is 0.102. The number of anilines is 1. The third-order valence-corrected chi connectivity index (χ3v) is 4.45. The van der Waals surface area contributed by atoms with Crippen LogP contribution in [0.25, 0.3) is 0 Å². The van der Waals surface area contributed by atoms with Gasteiger partial charge in [0.05, 0.1) is 5.56 Å². The standard InChI is InChI=1S/C16H17FN2/c1-10(15-7-11-2-3-12(15)6-11)19-14-4-5-16(17)13(8-14)9-18/h2-5,8,10-12,15,19H,6-7H2,1H3. The molecule has 1 N–H and O–H groups in total. The number of nitrogens with one attached hydrogen (secondary N) is 1. The molecule has 2 aliphatic carbocycles. The minimum Gasteiger partial charge on any atom is -0.382 e. The van der Waals surface area contributed by atoms with Gasteiger partial charge in [-0.25, -0.2) is 4.39 Å². The Bertz CT molecular complexity index is 558. The maximum atomic E-state index is 13.3. The molecule has 1 saturated carbocycles. The molecule has 0 amide bonds. The maximum Gasteiger partial charge on any atom is 0.141 e. The van der Waals surface area contributed by atoms with Gasteiger partial charge in [-0.3, -0.25) is 0 Å². The molecule has 19 heavy (non-hydrogen) atoms. The second-order valence-electron chi connectivity index (χ2n) is 5.68. The van der Waals surface area contributed by atoms with Crippen LogP contribution in [0.4, 0.5) is 10.1 Å². The van der Waals surface area contributed by atoms with E-state index in [1.54, 1.807) is 12.1 Å². The Hall–Kier alpha value is -1.82. The summed E-state index contributed by atoms with van der Waals surface area (Å²) in [6.07, 6.45) is 7.19. The molecule has 2 aliphatic rings. The second-order valence-corrected chi connectivity index (χ2v) is 5.68. The fourth-order valence-electron chi connectivity index (χ4n) is 3.47. The van der Waals surface area contributed by atoms with Gasteiger partial charge in [0.2, 0.25) is 0 Å². The average molecular weight is 256 g/mol. The van der Waals surface area contributed by atoms with Gasteiger partial charge >= 0.3 is 0 Å². The van der Waals surface area contributed by atoms with Crippen molar-refractivity contribution in [2.24, 2.45) is 17.8 Å². The van der Waals surface area contributed by atoms with Crippen molar-refractivity contribution in [2.45, 2.75) is 25.8 Å². The fraction of sp³-hybridized carbons (Fsp3) is 0.438. The van der Waals surface area contributed by atoms with Crippen LogP contribution in [0.5, 0.6) is 0 Å². The molecule has 3 heteroatoms. The van der Waals surface area contributed by atoms with E-state index in [1.807, 2.05) is 6.07 Å². The SMILES string of the molecule is CC(Nc1ccc(F)c(C#N)c1)C1CC2C=CC1C2. The van der Waals surface area contributed by atoms with Crippen LogP contribution in [0.3, 0.4) is 0 Å². The van der Waals surface area contributed by atoms with Crippen molar-refractivity contribution in [1.29, 1.82) is 5.26 Å². The molecule has 4 unspecified atom stereocenters. The first kappa shape index (κ1) is 12.2. The lowest BCUT2D eigenvalue weighted by atomic mass is 9.87. The highest BCUT2D eigenvalue weighted by Crippen LogP contribution is 2.45. The van der Waals surface area contributed by atoms with E-state index >= 15 is 0 Å². The first-order valence-corrected chi connectivity index (χ1v) is 6.82. The van der Waals surface area contributed by atoms with Crippen molar-refractivity contribution in [3.05, 3.63) is 41.7 Å². The van der Waals surface area contributed by atoms with E-state index in [0.29, 0.717) is 17.9 Å². The first-order valence-electron chi connectivity index (χ1n) is 6.82. The highest BCUT2D eigenvalue weighted by atomic mass is 19.1. The van der Waals surface area contributed by atoms with E-state index in [9.17, 15) is 4.39 Å². The predicted octanol–water partition coefficient (Wildman–Crippen LogP) is 3.71. The summed E-state index contributed by atoms with van der Waals surface area (Å²) in [5.74, 6) is 1.62. The van der Waals surface area contributed by atoms with Crippen LogP contribution in [0.15, 0.2) is 30.4 Å². The lowest BCUT2D eigenvalue weighted by Gasteiger charge is -2.27. The van der Waals surface area contributed by atoms with Crippen molar-refractivity contribution in [2.75, 3.05) is 5.32 Å². The highest BCUT2D eigenvalue weighted by molar-refractivity contribution is 5.50. The average Bonchev–Trinajstić information content (AvgIpc) is 3.03. The fourth-order valence-corrected chi connectivity index (χ4v) is 3.47. The van der Waals surface area contributed by atoms with Crippen LogP contribution in [-0.4, -0.2) is 6.04 Å². The monoisotopic (exact) mass is 256 g/mol. The molecule has 3 rings (SSSR count). The number of benzene rings is 1. The zero-order chi connectivity index (χ0) is 13.4. The molecule has 1 aromatic rings. The van der Waals surface area contributed by atoms with Crippen molar-refractivity contribution < 1.29 is 4.39 Å². The summed E-state index contributed by atoms with van der Waals surface area (Å²) in [6, 6.07) is 6.88. The van der Waals surface area contributed by atoms with Crippen molar-refractivity contribution in [1.82, 2.24) is 0 Å². The van der Waals surface area contributed by atoms with Crippen molar-refractivity contribution >= 4 is 5.69 Å². The summed E-state index contributed by atoms with van der Waals surface area (Å²) in [4.78, 5) is 0. The lowest BCUT2D eigenvalue weighted by molar-refractivity contribution is 0.400. The molecule has 0 aliphatic heterocycles. The predicted molar refractivity (Wildman–Crippen MR) is 73.0 cm³/mol. The Labute approximate surface area is 112 Å². The lowest BCUT2D eigenvalue weighted by Crippen LogP contribution is -2.28. The Morgan fingerprint density at radius 2 is 2.21 bits per heavy atom. The van der Waals surface area contributed by atoms with Gasteiger partial charge in [0.1, 0.15) is 11.9 Å². The largest absolute Gasteiger partial charge is 0.382 e. The zero-order valence-corrected chi connectivity index (χ0v) is 10.9. The summed E-state index contributed by atoms with van der Waals surface area (Å²) in [5.41, 5.74) is 0.933. The molecule has 0 spiro atoms. The van der Waals surface area contributed by atoms with Gasteiger partial charge in [0.15, 0.2) is 0 Å². The number of allylic oxidation sites excluding steroid dienone is 2. The third-order valence-electron chi connectivity index (χ3n) is 4.45. The molecule has 1 aromatic carbocycles. The molecule has 2 nitrogen and oxygen atoms in total. The molecular formula is C16H17FN2. The van der Waals surface area contributed by atoms with Crippen molar-refractivity contribution in [3.8, 4) is 6.07 Å². The third kappa shape index (κ3) is 2.23. The quantitative estimate of drug-likeness (QED) is 0.837. The van der Waals surface area contributed by atoms with Crippen LogP contribution < -0.4 is 5.32 Å². The Morgan fingerprint density at radius 1 is 1.37 bits per heavy atom. The molecule has 0 heterocycles. The molecule has 2 bridgehead atoms. The summed E-state index contributed by atoms with van der Waals surface area (Å²) >= 11 is 0. The summed E-state index contributed by atoms with van der Waals surface area (Å²) in [7, 11) is 0. The van der Waals surface area contributed by atoms with Crippen LogP contribution in [0.1, 0.15) is 25.3 Å². The Balaban J connectivity index is 1.71. The van der Waals surface area contributed by atoms with Gasteiger partial charge in [-0.1, -0.05) is 12.2 Å². The van der Waals surface area contributed by atoms with Crippen LogP contribution in [0.2, 0.25) is 0 Å². The maximum absolute atomic E-state index is 13.3. The minimum atomic E-state index is -0.455.